The van der Waals surface area contributed by atoms with Crippen LogP contribution >= 0.6 is 11.6 Å². The summed E-state index contributed by atoms with van der Waals surface area (Å²) in [6.07, 6.45) is 0. The van der Waals surface area contributed by atoms with Crippen LogP contribution in [0.2, 0.25) is 5.15 Å². The van der Waals surface area contributed by atoms with Crippen molar-refractivity contribution in [2.75, 3.05) is 10.6 Å². The molecule has 3 aromatic rings. The number of hydrogen-bond donors (Lipinski definition) is 2. The van der Waals surface area contributed by atoms with E-state index in [0.717, 1.165) is 22.0 Å². The maximum atomic E-state index is 12.7. The van der Waals surface area contributed by atoms with Crippen molar-refractivity contribution in [1.29, 1.82) is 0 Å². The molecule has 26 heavy (non-hydrogen) atoms. The number of benzene rings is 2. The summed E-state index contributed by atoms with van der Waals surface area (Å²) in [7, 11) is 0. The van der Waals surface area contributed by atoms with Gasteiger partial charge in [0.1, 0.15) is 5.15 Å². The minimum atomic E-state index is -0.358. The number of aromatic nitrogens is 1. The van der Waals surface area contributed by atoms with Gasteiger partial charge in [-0.3, -0.25) is 9.59 Å². The first kappa shape index (κ1) is 17.9. The molecule has 0 radical (unpaired) electrons. The summed E-state index contributed by atoms with van der Waals surface area (Å²) in [6.45, 7) is 5.38. The Morgan fingerprint density at radius 3 is 2.38 bits per heavy atom. The number of anilines is 2. The number of hydrogen-bond acceptors (Lipinski definition) is 3. The third-order valence-corrected chi connectivity index (χ3v) is 4.18. The van der Waals surface area contributed by atoms with Crippen LogP contribution in [-0.4, -0.2) is 16.8 Å². The zero-order valence-electron chi connectivity index (χ0n) is 14.7. The van der Waals surface area contributed by atoms with E-state index in [1.807, 2.05) is 26.0 Å². The van der Waals surface area contributed by atoms with Gasteiger partial charge in [0, 0.05) is 23.7 Å². The lowest BCUT2D eigenvalue weighted by Gasteiger charge is -2.11. The van der Waals surface area contributed by atoms with E-state index in [9.17, 15) is 9.59 Å². The molecule has 0 spiro atoms. The number of nitrogens with zero attached hydrogens (tertiary/aromatic N) is 1. The van der Waals surface area contributed by atoms with Crippen molar-refractivity contribution in [2.45, 2.75) is 20.8 Å². The van der Waals surface area contributed by atoms with E-state index in [4.69, 9.17) is 11.6 Å². The summed E-state index contributed by atoms with van der Waals surface area (Å²) in [5.41, 5.74) is 4.34. The van der Waals surface area contributed by atoms with E-state index in [0.29, 0.717) is 16.9 Å². The van der Waals surface area contributed by atoms with Crippen LogP contribution in [0.5, 0.6) is 0 Å². The summed E-state index contributed by atoms with van der Waals surface area (Å²) < 4.78 is 0. The van der Waals surface area contributed by atoms with Gasteiger partial charge in [-0.2, -0.15) is 0 Å². The van der Waals surface area contributed by atoms with Crippen LogP contribution in [0.1, 0.15) is 28.4 Å². The Morgan fingerprint density at radius 2 is 1.69 bits per heavy atom. The Kier molecular flexibility index (Phi) is 4.91. The normalized spacial score (nSPS) is 10.6. The summed E-state index contributed by atoms with van der Waals surface area (Å²) in [4.78, 5) is 28.2. The van der Waals surface area contributed by atoms with Gasteiger partial charge in [-0.15, -0.1) is 0 Å². The highest BCUT2D eigenvalue weighted by atomic mass is 35.5. The van der Waals surface area contributed by atoms with Crippen molar-refractivity contribution < 1.29 is 9.59 Å². The predicted octanol–water partition coefficient (Wildman–Crippen LogP) is 4.72. The highest BCUT2D eigenvalue weighted by molar-refractivity contribution is 6.34. The molecule has 1 heterocycles. The van der Waals surface area contributed by atoms with Gasteiger partial charge < -0.3 is 10.6 Å². The minimum absolute atomic E-state index is 0.153. The number of nitrogens with one attached hydrogen (secondary N) is 2. The van der Waals surface area contributed by atoms with E-state index in [2.05, 4.69) is 15.6 Å². The topological polar surface area (TPSA) is 71.1 Å². The van der Waals surface area contributed by atoms with Crippen LogP contribution in [0.25, 0.3) is 10.9 Å². The molecular formula is C20H18ClN3O2. The number of rotatable bonds is 3. The average molecular weight is 368 g/mol. The number of amides is 2. The maximum Gasteiger partial charge on any atom is 0.258 e. The van der Waals surface area contributed by atoms with Crippen LogP contribution in [0.3, 0.4) is 0 Å². The largest absolute Gasteiger partial charge is 0.326 e. The molecule has 5 nitrogen and oxygen atoms in total. The number of aryl methyl sites for hydroxylation is 2. The smallest absolute Gasteiger partial charge is 0.258 e. The first-order valence-corrected chi connectivity index (χ1v) is 8.48. The molecule has 2 aromatic carbocycles. The Morgan fingerprint density at radius 1 is 1.00 bits per heavy atom. The van der Waals surface area contributed by atoms with Gasteiger partial charge in [0.05, 0.1) is 11.1 Å². The SMILES string of the molecule is CC(=O)Nc1cccc(NC(=O)c2cc3cc(C)cc(C)c3nc2Cl)c1. The van der Waals surface area contributed by atoms with Gasteiger partial charge in [0.25, 0.3) is 5.91 Å². The third kappa shape index (κ3) is 3.83. The lowest BCUT2D eigenvalue weighted by molar-refractivity contribution is -0.114. The molecule has 0 saturated heterocycles. The van der Waals surface area contributed by atoms with Crippen LogP contribution in [0.15, 0.2) is 42.5 Å². The van der Waals surface area contributed by atoms with Crippen molar-refractivity contribution in [2.24, 2.45) is 0 Å². The monoisotopic (exact) mass is 367 g/mol. The summed E-state index contributed by atoms with van der Waals surface area (Å²) in [6, 6.07) is 12.6. The van der Waals surface area contributed by atoms with E-state index in [-0.39, 0.29) is 17.0 Å². The number of fused-ring (bicyclic) bond motifs is 1. The van der Waals surface area contributed by atoms with Gasteiger partial charge in [0.2, 0.25) is 5.91 Å². The molecule has 132 valence electrons. The van der Waals surface area contributed by atoms with Gasteiger partial charge in [0.15, 0.2) is 0 Å². The molecule has 0 fully saturated rings. The summed E-state index contributed by atoms with van der Waals surface area (Å²) >= 11 is 6.25. The van der Waals surface area contributed by atoms with E-state index in [1.165, 1.54) is 6.92 Å². The first-order valence-electron chi connectivity index (χ1n) is 8.10. The van der Waals surface area contributed by atoms with Crippen LogP contribution in [0.4, 0.5) is 11.4 Å². The number of halogens is 1. The molecule has 0 aliphatic carbocycles. The molecule has 1 aromatic heterocycles. The van der Waals surface area contributed by atoms with Gasteiger partial charge in [-0.25, -0.2) is 4.98 Å². The standard InChI is InChI=1S/C20H18ClN3O2/c1-11-7-12(2)18-14(8-11)9-17(19(21)24-18)20(26)23-16-6-4-5-15(10-16)22-13(3)25/h4-10H,1-3H3,(H,22,25)(H,23,26). The second-order valence-electron chi connectivity index (χ2n) is 6.20. The fraction of sp³-hybridized carbons (Fsp3) is 0.150. The Labute approximate surface area is 156 Å². The van der Waals surface area contributed by atoms with Crippen LogP contribution in [0, 0.1) is 13.8 Å². The number of carbonyl (C=O) groups excluding carboxylic acids is 2. The minimum Gasteiger partial charge on any atom is -0.326 e. The molecule has 6 heteroatoms. The number of carbonyl (C=O) groups is 2. The predicted molar refractivity (Wildman–Crippen MR) is 105 cm³/mol. The highest BCUT2D eigenvalue weighted by Gasteiger charge is 2.15. The molecule has 0 saturated carbocycles. The van der Waals surface area contributed by atoms with Crippen molar-refractivity contribution in [3.63, 3.8) is 0 Å². The van der Waals surface area contributed by atoms with Crippen LogP contribution < -0.4 is 10.6 Å². The molecule has 0 bridgehead atoms. The molecule has 2 amide bonds. The van der Waals surface area contributed by atoms with Gasteiger partial charge in [-0.1, -0.05) is 29.3 Å². The van der Waals surface area contributed by atoms with Crippen molar-refractivity contribution in [1.82, 2.24) is 4.98 Å². The number of pyridine rings is 1. The van der Waals surface area contributed by atoms with Gasteiger partial charge in [-0.05, 0) is 49.7 Å². The molecule has 3 rings (SSSR count). The van der Waals surface area contributed by atoms with Crippen LogP contribution in [-0.2, 0) is 4.79 Å². The van der Waals surface area contributed by atoms with Gasteiger partial charge >= 0.3 is 0 Å². The Hall–Kier alpha value is -2.92. The lowest BCUT2D eigenvalue weighted by Crippen LogP contribution is -2.14. The highest BCUT2D eigenvalue weighted by Crippen LogP contribution is 2.25. The second kappa shape index (κ2) is 7.14. The first-order chi connectivity index (χ1) is 12.3. The molecular weight excluding hydrogens is 350 g/mol. The fourth-order valence-corrected chi connectivity index (χ4v) is 3.09. The summed E-state index contributed by atoms with van der Waals surface area (Å²) in [5.74, 6) is -0.537. The average Bonchev–Trinajstić information content (AvgIpc) is 2.54. The Balaban J connectivity index is 1.93. The molecule has 0 aliphatic heterocycles. The molecule has 2 N–H and O–H groups in total. The maximum absolute atomic E-state index is 12.7. The van der Waals surface area contributed by atoms with Crippen molar-refractivity contribution in [3.8, 4) is 0 Å². The second-order valence-corrected chi connectivity index (χ2v) is 6.55. The zero-order valence-corrected chi connectivity index (χ0v) is 15.4. The quantitative estimate of drug-likeness (QED) is 0.658. The van der Waals surface area contributed by atoms with E-state index < -0.39 is 0 Å². The van der Waals surface area contributed by atoms with Crippen molar-refractivity contribution >= 4 is 45.7 Å². The molecule has 0 atom stereocenters. The molecule has 0 unspecified atom stereocenters. The molecule has 0 aliphatic rings. The lowest BCUT2D eigenvalue weighted by atomic mass is 10.1. The van der Waals surface area contributed by atoms with E-state index >= 15 is 0 Å². The summed E-state index contributed by atoms with van der Waals surface area (Å²) in [5, 5.41) is 6.49. The third-order valence-electron chi connectivity index (χ3n) is 3.89. The Bertz CT molecular complexity index is 1030. The van der Waals surface area contributed by atoms with Crippen molar-refractivity contribution in [3.05, 3.63) is 64.3 Å². The van der Waals surface area contributed by atoms with E-state index in [1.54, 1.807) is 30.3 Å². The fourth-order valence-electron chi connectivity index (χ4n) is 2.86. The zero-order chi connectivity index (χ0) is 18.8.